The maximum absolute atomic E-state index is 2.75. The molecule has 0 aromatic heterocycles. The maximum atomic E-state index is 2.75. The highest BCUT2D eigenvalue weighted by Gasteiger charge is 2.02. The van der Waals surface area contributed by atoms with Gasteiger partial charge in [0.1, 0.15) is 0 Å². The van der Waals surface area contributed by atoms with Crippen LogP contribution in [0.15, 0.2) is 0 Å². The van der Waals surface area contributed by atoms with E-state index in [2.05, 4.69) is 17.3 Å². The third-order valence-corrected chi connectivity index (χ3v) is 1.58. The summed E-state index contributed by atoms with van der Waals surface area (Å²) in [6, 6.07) is 0. The fourth-order valence-electron chi connectivity index (χ4n) is 1.05. The zero-order valence-corrected chi connectivity index (χ0v) is 9.48. The summed E-state index contributed by atoms with van der Waals surface area (Å²) in [6.07, 6.45) is 4.28. The van der Waals surface area contributed by atoms with Crippen LogP contribution in [0.25, 0.3) is 0 Å². The lowest BCUT2D eigenvalue weighted by molar-refractivity contribution is 0.277. The monoisotopic (exact) mass is 174 g/mol. The summed E-state index contributed by atoms with van der Waals surface area (Å²) in [6.45, 7) is 6.64. The number of likely N-dealkylation sites (tertiary alicyclic amines) is 1. The molecule has 0 bridgehead atoms. The van der Waals surface area contributed by atoms with Crippen molar-refractivity contribution >= 4 is 0 Å². The van der Waals surface area contributed by atoms with Crippen LogP contribution in [0.5, 0.6) is 0 Å². The Labute approximate surface area is 78.3 Å². The minimum Gasteiger partial charge on any atom is -0.323 e. The van der Waals surface area contributed by atoms with Crippen LogP contribution in [-0.2, 0) is 0 Å². The topological polar surface area (TPSA) is 15.3 Å². The molecule has 1 aliphatic rings. The van der Waals surface area contributed by atoms with E-state index in [-0.39, 0.29) is 0 Å². The van der Waals surface area contributed by atoms with Crippen molar-refractivity contribution in [1.29, 1.82) is 0 Å². The van der Waals surface area contributed by atoms with Crippen LogP contribution in [0.1, 0.15) is 33.1 Å². The van der Waals surface area contributed by atoms with Crippen molar-refractivity contribution in [3.05, 3.63) is 0 Å². The zero-order valence-electron chi connectivity index (χ0n) is 9.48. The summed E-state index contributed by atoms with van der Waals surface area (Å²) in [5, 5.41) is 2.75. The van der Waals surface area contributed by atoms with E-state index in [0.717, 1.165) is 0 Å². The molecule has 0 aromatic rings. The summed E-state index contributed by atoms with van der Waals surface area (Å²) in [7, 11) is 5.94. The molecule has 0 amide bonds. The molecule has 76 valence electrons. The molecule has 0 spiro atoms. The minimum atomic E-state index is 1.32. The average molecular weight is 174 g/mol. The normalized spacial score (nSPS) is 16.8. The third kappa shape index (κ3) is 12.6. The standard InChI is InChI=1S/C6H13N.C2H7N.C2H6/c1-7-5-3-2-4-6-7;1-3-2;1-2/h2-6H2,1H3;3H,1-2H3;1-2H3. The second-order valence-corrected chi connectivity index (χ2v) is 2.86. The molecule has 1 heterocycles. The van der Waals surface area contributed by atoms with Crippen molar-refractivity contribution < 1.29 is 0 Å². The van der Waals surface area contributed by atoms with Crippen molar-refractivity contribution in [1.82, 2.24) is 10.2 Å². The van der Waals surface area contributed by atoms with E-state index >= 15 is 0 Å². The Morgan fingerprint density at radius 3 is 1.42 bits per heavy atom. The van der Waals surface area contributed by atoms with Gasteiger partial charge in [0.05, 0.1) is 0 Å². The first-order valence-electron chi connectivity index (χ1n) is 5.08. The molecule has 0 atom stereocenters. The first-order chi connectivity index (χ1) is 5.81. The van der Waals surface area contributed by atoms with Gasteiger partial charge in [0.15, 0.2) is 0 Å². The van der Waals surface area contributed by atoms with Gasteiger partial charge in [-0.15, -0.1) is 0 Å². The van der Waals surface area contributed by atoms with Crippen LogP contribution in [0.2, 0.25) is 0 Å². The van der Waals surface area contributed by atoms with Crippen LogP contribution >= 0.6 is 0 Å². The Hall–Kier alpha value is -0.0800. The van der Waals surface area contributed by atoms with Gasteiger partial charge >= 0.3 is 0 Å². The quantitative estimate of drug-likeness (QED) is 0.604. The molecular formula is C10H26N2. The van der Waals surface area contributed by atoms with Gasteiger partial charge in [0, 0.05) is 0 Å². The lowest BCUT2D eigenvalue weighted by Crippen LogP contribution is -2.24. The van der Waals surface area contributed by atoms with E-state index in [1.165, 1.54) is 32.4 Å². The SMILES string of the molecule is CC.CN1CCCCC1.CNC. The predicted octanol–water partition coefficient (Wildman–Crippen LogP) is 1.96. The Morgan fingerprint density at radius 2 is 1.25 bits per heavy atom. The van der Waals surface area contributed by atoms with Gasteiger partial charge in [0.2, 0.25) is 0 Å². The van der Waals surface area contributed by atoms with Gasteiger partial charge in [-0.05, 0) is 47.1 Å². The molecule has 0 aromatic carbocycles. The zero-order chi connectivity index (χ0) is 9.82. The molecule has 12 heavy (non-hydrogen) atoms. The van der Waals surface area contributed by atoms with Crippen molar-refractivity contribution in [2.75, 3.05) is 34.2 Å². The van der Waals surface area contributed by atoms with Crippen molar-refractivity contribution in [2.24, 2.45) is 0 Å². The van der Waals surface area contributed by atoms with Crippen LogP contribution in [0.3, 0.4) is 0 Å². The number of rotatable bonds is 0. The summed E-state index contributed by atoms with van der Waals surface area (Å²) in [4.78, 5) is 2.39. The fraction of sp³-hybridized carbons (Fsp3) is 1.00. The van der Waals surface area contributed by atoms with Gasteiger partial charge in [-0.2, -0.15) is 0 Å². The minimum absolute atomic E-state index is 1.32. The lowest BCUT2D eigenvalue weighted by atomic mass is 10.1. The highest BCUT2D eigenvalue weighted by Crippen LogP contribution is 2.04. The van der Waals surface area contributed by atoms with Gasteiger partial charge < -0.3 is 10.2 Å². The largest absolute Gasteiger partial charge is 0.323 e. The molecule has 1 N–H and O–H groups in total. The molecule has 0 aliphatic carbocycles. The summed E-state index contributed by atoms with van der Waals surface area (Å²) in [5.41, 5.74) is 0. The Morgan fingerprint density at radius 1 is 0.917 bits per heavy atom. The summed E-state index contributed by atoms with van der Waals surface area (Å²) in [5.74, 6) is 0. The first kappa shape index (κ1) is 14.4. The van der Waals surface area contributed by atoms with Crippen molar-refractivity contribution in [2.45, 2.75) is 33.1 Å². The van der Waals surface area contributed by atoms with Gasteiger partial charge in [-0.3, -0.25) is 0 Å². The number of hydrogen-bond acceptors (Lipinski definition) is 2. The molecule has 1 fully saturated rings. The van der Waals surface area contributed by atoms with E-state index < -0.39 is 0 Å². The molecule has 0 unspecified atom stereocenters. The number of piperidine rings is 1. The molecule has 1 rings (SSSR count). The molecule has 0 saturated carbocycles. The smallest absolute Gasteiger partial charge is 0.00218 e. The molecule has 0 radical (unpaired) electrons. The van der Waals surface area contributed by atoms with E-state index in [1.807, 2.05) is 27.9 Å². The van der Waals surface area contributed by atoms with Crippen molar-refractivity contribution in [3.63, 3.8) is 0 Å². The first-order valence-corrected chi connectivity index (χ1v) is 5.08. The molecule has 1 aliphatic heterocycles. The van der Waals surface area contributed by atoms with E-state index in [1.54, 1.807) is 0 Å². The fourth-order valence-corrected chi connectivity index (χ4v) is 1.05. The molecular weight excluding hydrogens is 148 g/mol. The maximum Gasteiger partial charge on any atom is -0.00218 e. The van der Waals surface area contributed by atoms with Crippen LogP contribution in [0.4, 0.5) is 0 Å². The van der Waals surface area contributed by atoms with Gasteiger partial charge in [-0.25, -0.2) is 0 Å². The number of hydrogen-bond donors (Lipinski definition) is 1. The second-order valence-electron chi connectivity index (χ2n) is 2.86. The Bertz CT molecular complexity index is 58.9. The Kier molecular flexibility index (Phi) is 16.3. The molecule has 1 saturated heterocycles. The summed E-state index contributed by atoms with van der Waals surface area (Å²) >= 11 is 0. The lowest BCUT2D eigenvalue weighted by Gasteiger charge is -2.20. The van der Waals surface area contributed by atoms with Crippen LogP contribution in [0, 0.1) is 0 Å². The Balaban J connectivity index is 0. The van der Waals surface area contributed by atoms with Gasteiger partial charge in [0.25, 0.3) is 0 Å². The average Bonchev–Trinajstić information content (AvgIpc) is 2.11. The highest BCUT2D eigenvalue weighted by molar-refractivity contribution is 4.58. The van der Waals surface area contributed by atoms with Crippen LogP contribution in [-0.4, -0.2) is 39.1 Å². The van der Waals surface area contributed by atoms with Crippen LogP contribution < -0.4 is 5.32 Å². The highest BCUT2D eigenvalue weighted by atomic mass is 15.1. The predicted molar refractivity (Wildman–Crippen MR) is 57.7 cm³/mol. The number of nitrogens with one attached hydrogen (secondary N) is 1. The van der Waals surface area contributed by atoms with E-state index in [9.17, 15) is 0 Å². The second kappa shape index (κ2) is 13.5. The van der Waals surface area contributed by atoms with Crippen molar-refractivity contribution in [3.8, 4) is 0 Å². The van der Waals surface area contributed by atoms with E-state index in [0.29, 0.717) is 0 Å². The third-order valence-electron chi connectivity index (χ3n) is 1.58. The number of nitrogens with zero attached hydrogens (tertiary/aromatic N) is 1. The summed E-state index contributed by atoms with van der Waals surface area (Å²) < 4.78 is 0. The van der Waals surface area contributed by atoms with E-state index in [4.69, 9.17) is 0 Å². The molecule has 2 heteroatoms. The van der Waals surface area contributed by atoms with Gasteiger partial charge in [-0.1, -0.05) is 20.3 Å². The molecule has 2 nitrogen and oxygen atoms in total.